The van der Waals surface area contributed by atoms with Crippen LogP contribution >= 0.6 is 11.6 Å². The van der Waals surface area contributed by atoms with E-state index in [2.05, 4.69) is 24.8 Å². The van der Waals surface area contributed by atoms with Crippen molar-refractivity contribution in [2.24, 2.45) is 11.8 Å². The number of halogens is 1. The third-order valence-electron chi connectivity index (χ3n) is 3.83. The van der Waals surface area contributed by atoms with E-state index in [1.54, 1.807) is 6.07 Å². The fraction of sp³-hybridized carbons (Fsp3) is 0.533. The summed E-state index contributed by atoms with van der Waals surface area (Å²) in [6.45, 7) is 7.80. The lowest BCUT2D eigenvalue weighted by molar-refractivity contribution is 0.297. The van der Waals surface area contributed by atoms with Gasteiger partial charge in [-0.2, -0.15) is 5.26 Å². The van der Waals surface area contributed by atoms with Gasteiger partial charge in [-0.3, -0.25) is 4.90 Å². The maximum absolute atomic E-state index is 8.81. The van der Waals surface area contributed by atoms with Gasteiger partial charge in [0.1, 0.15) is 0 Å². The number of likely N-dealkylation sites (tertiary alicyclic amines) is 1. The van der Waals surface area contributed by atoms with Crippen molar-refractivity contribution < 1.29 is 0 Å². The summed E-state index contributed by atoms with van der Waals surface area (Å²) in [5.41, 5.74) is 1.75. The quantitative estimate of drug-likeness (QED) is 0.831. The predicted molar refractivity (Wildman–Crippen MR) is 74.4 cm³/mol. The molecule has 2 rings (SSSR count). The minimum absolute atomic E-state index is 0.630. The Labute approximate surface area is 114 Å². The maximum atomic E-state index is 8.81. The Kier molecular flexibility index (Phi) is 4.27. The Morgan fingerprint density at radius 3 is 2.83 bits per heavy atom. The molecule has 18 heavy (non-hydrogen) atoms. The van der Waals surface area contributed by atoms with Crippen LogP contribution in [-0.4, -0.2) is 18.0 Å². The van der Waals surface area contributed by atoms with Crippen molar-refractivity contribution in [3.05, 3.63) is 34.3 Å². The molecule has 0 bridgehead atoms. The van der Waals surface area contributed by atoms with E-state index in [4.69, 9.17) is 16.9 Å². The molecular weight excluding hydrogens is 244 g/mol. The average molecular weight is 263 g/mol. The molecule has 1 heterocycles. The SMILES string of the molecule is CC(C)C1CCN(Cc2ccc(C#N)cc2Cl)C1. The summed E-state index contributed by atoms with van der Waals surface area (Å²) in [5.74, 6) is 1.56. The van der Waals surface area contributed by atoms with Gasteiger partial charge in [-0.15, -0.1) is 0 Å². The number of nitriles is 1. The highest BCUT2D eigenvalue weighted by atomic mass is 35.5. The van der Waals surface area contributed by atoms with Crippen LogP contribution in [0, 0.1) is 23.2 Å². The van der Waals surface area contributed by atoms with Crippen molar-refractivity contribution >= 4 is 11.6 Å². The lowest BCUT2D eigenvalue weighted by Crippen LogP contribution is -2.21. The molecule has 0 spiro atoms. The smallest absolute Gasteiger partial charge is 0.0992 e. The highest BCUT2D eigenvalue weighted by Gasteiger charge is 2.24. The van der Waals surface area contributed by atoms with Gasteiger partial charge in [-0.1, -0.05) is 31.5 Å². The number of rotatable bonds is 3. The molecule has 1 aliphatic rings. The van der Waals surface area contributed by atoms with Crippen LogP contribution in [0.25, 0.3) is 0 Å². The van der Waals surface area contributed by atoms with Crippen LogP contribution in [0.2, 0.25) is 5.02 Å². The van der Waals surface area contributed by atoms with Crippen molar-refractivity contribution in [2.75, 3.05) is 13.1 Å². The molecule has 3 heteroatoms. The molecule has 2 nitrogen and oxygen atoms in total. The van der Waals surface area contributed by atoms with Crippen LogP contribution in [-0.2, 0) is 6.54 Å². The Balaban J connectivity index is 2.01. The third-order valence-corrected chi connectivity index (χ3v) is 4.18. The third kappa shape index (κ3) is 3.04. The summed E-state index contributed by atoms with van der Waals surface area (Å²) in [6, 6.07) is 7.69. The summed E-state index contributed by atoms with van der Waals surface area (Å²) in [6.07, 6.45) is 1.28. The van der Waals surface area contributed by atoms with Gasteiger partial charge in [0.15, 0.2) is 0 Å². The molecule has 1 saturated heterocycles. The van der Waals surface area contributed by atoms with Gasteiger partial charge >= 0.3 is 0 Å². The van der Waals surface area contributed by atoms with Crippen LogP contribution in [0.1, 0.15) is 31.4 Å². The van der Waals surface area contributed by atoms with Crippen LogP contribution in [0.15, 0.2) is 18.2 Å². The van der Waals surface area contributed by atoms with Crippen LogP contribution in [0.4, 0.5) is 0 Å². The van der Waals surface area contributed by atoms with Crippen LogP contribution in [0.3, 0.4) is 0 Å². The van der Waals surface area contributed by atoms with Crippen molar-refractivity contribution in [1.29, 1.82) is 5.26 Å². The Morgan fingerprint density at radius 2 is 2.28 bits per heavy atom. The summed E-state index contributed by atoms with van der Waals surface area (Å²) in [7, 11) is 0. The summed E-state index contributed by atoms with van der Waals surface area (Å²) in [5, 5.41) is 9.52. The van der Waals surface area contributed by atoms with Crippen molar-refractivity contribution in [3.63, 3.8) is 0 Å². The lowest BCUT2D eigenvalue weighted by atomic mass is 9.95. The standard InChI is InChI=1S/C15H19ClN2/c1-11(2)13-5-6-18(9-13)10-14-4-3-12(8-17)7-15(14)16/h3-4,7,11,13H,5-6,9-10H2,1-2H3. The molecule has 0 aliphatic carbocycles. The second-order valence-corrected chi connectivity index (χ2v) is 5.85. The van der Waals surface area contributed by atoms with E-state index in [1.165, 1.54) is 6.42 Å². The van der Waals surface area contributed by atoms with E-state index in [1.807, 2.05) is 12.1 Å². The first-order valence-corrected chi connectivity index (χ1v) is 6.89. The summed E-state index contributed by atoms with van der Waals surface area (Å²) >= 11 is 6.21. The van der Waals surface area contributed by atoms with E-state index in [9.17, 15) is 0 Å². The minimum atomic E-state index is 0.630. The fourth-order valence-corrected chi connectivity index (χ4v) is 2.78. The molecule has 1 fully saturated rings. The second kappa shape index (κ2) is 5.73. The number of hydrogen-bond donors (Lipinski definition) is 0. The molecule has 0 saturated carbocycles. The van der Waals surface area contributed by atoms with Gasteiger partial charge in [0, 0.05) is 18.1 Å². The van der Waals surface area contributed by atoms with Gasteiger partial charge in [-0.25, -0.2) is 0 Å². The van der Waals surface area contributed by atoms with Gasteiger partial charge in [0.25, 0.3) is 0 Å². The van der Waals surface area contributed by atoms with E-state index in [-0.39, 0.29) is 0 Å². The van der Waals surface area contributed by atoms with Crippen LogP contribution < -0.4 is 0 Å². The predicted octanol–water partition coefficient (Wildman–Crippen LogP) is 3.69. The van der Waals surface area contributed by atoms with Gasteiger partial charge in [0.05, 0.1) is 11.6 Å². The zero-order valence-corrected chi connectivity index (χ0v) is 11.7. The minimum Gasteiger partial charge on any atom is -0.299 e. The zero-order valence-electron chi connectivity index (χ0n) is 11.0. The molecule has 0 amide bonds. The van der Waals surface area contributed by atoms with Gasteiger partial charge < -0.3 is 0 Å². The van der Waals surface area contributed by atoms with Crippen molar-refractivity contribution in [3.8, 4) is 6.07 Å². The fourth-order valence-electron chi connectivity index (χ4n) is 2.54. The summed E-state index contributed by atoms with van der Waals surface area (Å²) in [4.78, 5) is 2.46. The second-order valence-electron chi connectivity index (χ2n) is 5.45. The molecule has 0 radical (unpaired) electrons. The maximum Gasteiger partial charge on any atom is 0.0992 e. The van der Waals surface area contributed by atoms with Crippen molar-refractivity contribution in [2.45, 2.75) is 26.8 Å². The van der Waals surface area contributed by atoms with Crippen molar-refractivity contribution in [1.82, 2.24) is 4.90 Å². The zero-order chi connectivity index (χ0) is 13.1. The first-order chi connectivity index (χ1) is 8.60. The Morgan fingerprint density at radius 1 is 1.50 bits per heavy atom. The molecule has 0 N–H and O–H groups in total. The molecular formula is C15H19ClN2. The Hall–Kier alpha value is -1.04. The van der Waals surface area contributed by atoms with Gasteiger partial charge in [-0.05, 0) is 42.5 Å². The molecule has 1 unspecified atom stereocenters. The molecule has 0 aromatic heterocycles. The molecule has 96 valence electrons. The first kappa shape index (κ1) is 13.4. The lowest BCUT2D eigenvalue weighted by Gasteiger charge is -2.18. The van der Waals surface area contributed by atoms with E-state index >= 15 is 0 Å². The highest BCUT2D eigenvalue weighted by Crippen LogP contribution is 2.27. The monoisotopic (exact) mass is 262 g/mol. The number of nitrogens with zero attached hydrogens (tertiary/aromatic N) is 2. The number of hydrogen-bond acceptors (Lipinski definition) is 2. The van der Waals surface area contributed by atoms with E-state index < -0.39 is 0 Å². The van der Waals surface area contributed by atoms with Gasteiger partial charge in [0.2, 0.25) is 0 Å². The average Bonchev–Trinajstić information content (AvgIpc) is 2.80. The largest absolute Gasteiger partial charge is 0.299 e. The van der Waals surface area contributed by atoms with E-state index in [0.717, 1.165) is 37.0 Å². The first-order valence-electron chi connectivity index (χ1n) is 6.51. The highest BCUT2D eigenvalue weighted by molar-refractivity contribution is 6.31. The molecule has 1 aromatic rings. The number of benzene rings is 1. The molecule has 1 aliphatic heterocycles. The summed E-state index contributed by atoms with van der Waals surface area (Å²) < 4.78 is 0. The van der Waals surface area contributed by atoms with E-state index in [0.29, 0.717) is 10.6 Å². The molecule has 1 aromatic carbocycles. The Bertz CT molecular complexity index is 462. The topological polar surface area (TPSA) is 27.0 Å². The van der Waals surface area contributed by atoms with Crippen LogP contribution in [0.5, 0.6) is 0 Å². The normalized spacial score (nSPS) is 20.3. The molecule has 1 atom stereocenters.